The summed E-state index contributed by atoms with van der Waals surface area (Å²) in [5, 5.41) is 3.79. The van der Waals surface area contributed by atoms with Gasteiger partial charge in [0.25, 0.3) is 0 Å². The third-order valence-corrected chi connectivity index (χ3v) is 2.84. The van der Waals surface area contributed by atoms with Crippen LogP contribution in [0.15, 0.2) is 18.2 Å². The summed E-state index contributed by atoms with van der Waals surface area (Å²) in [6.45, 7) is 6.52. The Labute approximate surface area is 119 Å². The fourth-order valence-corrected chi connectivity index (χ4v) is 1.72. The van der Waals surface area contributed by atoms with Crippen molar-refractivity contribution in [2.75, 3.05) is 7.11 Å². The number of hydrogen-bond acceptors (Lipinski definition) is 4. The number of hydrogen-bond donors (Lipinski definition) is 1. The molecule has 0 heterocycles. The van der Waals surface area contributed by atoms with E-state index in [1.165, 1.54) is 7.11 Å². The molecule has 4 nitrogen and oxygen atoms in total. The molecule has 0 fully saturated rings. The summed E-state index contributed by atoms with van der Waals surface area (Å²) in [5.41, 5.74) is 1.07. The quantitative estimate of drug-likeness (QED) is 0.817. The Bertz CT molecular complexity index is 435. The zero-order valence-corrected chi connectivity index (χ0v) is 12.5. The fraction of sp³-hybridized carbons (Fsp3) is 0.500. The largest absolute Gasteiger partial charge is 0.477 e. The van der Waals surface area contributed by atoms with Gasteiger partial charge < -0.3 is 14.8 Å². The van der Waals surface area contributed by atoms with E-state index in [4.69, 9.17) is 16.3 Å². The molecule has 0 spiro atoms. The monoisotopic (exact) mass is 285 g/mol. The van der Waals surface area contributed by atoms with Crippen molar-refractivity contribution in [2.45, 2.75) is 39.5 Å². The van der Waals surface area contributed by atoms with Crippen LogP contribution in [-0.4, -0.2) is 25.2 Å². The fourth-order valence-electron chi connectivity index (χ4n) is 1.48. The summed E-state index contributed by atoms with van der Waals surface area (Å²) in [5.74, 6) is 0.0504. The van der Waals surface area contributed by atoms with Crippen molar-refractivity contribution in [1.82, 2.24) is 5.32 Å². The topological polar surface area (TPSA) is 47.6 Å². The van der Waals surface area contributed by atoms with Crippen molar-refractivity contribution in [2.24, 2.45) is 0 Å². The number of benzene rings is 1. The third-order valence-electron chi connectivity index (χ3n) is 2.55. The second kappa shape index (κ2) is 7.36. The lowest BCUT2D eigenvalue weighted by atomic mass is 10.2. The van der Waals surface area contributed by atoms with Gasteiger partial charge in [-0.15, -0.1) is 0 Å². The minimum atomic E-state index is -0.679. The first-order valence-corrected chi connectivity index (χ1v) is 6.58. The highest BCUT2D eigenvalue weighted by Crippen LogP contribution is 2.26. The number of ether oxygens (including phenoxy) is 2. The first-order valence-electron chi connectivity index (χ1n) is 6.20. The lowest BCUT2D eigenvalue weighted by molar-refractivity contribution is -0.147. The van der Waals surface area contributed by atoms with Crippen molar-refractivity contribution in [3.05, 3.63) is 28.8 Å². The molecule has 1 rings (SSSR count). The molecule has 0 aromatic heterocycles. The Hall–Kier alpha value is -1.26. The highest BCUT2D eigenvalue weighted by atomic mass is 35.5. The minimum Gasteiger partial charge on any atom is -0.477 e. The van der Waals surface area contributed by atoms with E-state index in [-0.39, 0.29) is 0 Å². The minimum absolute atomic E-state index is 0.411. The molecule has 0 aliphatic carbocycles. The van der Waals surface area contributed by atoms with Crippen molar-refractivity contribution in [3.8, 4) is 5.75 Å². The van der Waals surface area contributed by atoms with E-state index in [1.54, 1.807) is 13.0 Å². The number of halogens is 1. The maximum atomic E-state index is 11.3. The second-order valence-electron chi connectivity index (χ2n) is 4.58. The summed E-state index contributed by atoms with van der Waals surface area (Å²) in [6.07, 6.45) is -0.679. The standard InChI is InChI=1S/C14H20ClNO3/c1-9(2)16-8-11-5-6-13(12(15)7-11)19-10(3)14(17)18-4/h5-7,9-10,16H,8H2,1-4H3. The van der Waals surface area contributed by atoms with Crippen LogP contribution in [0.2, 0.25) is 5.02 Å². The van der Waals surface area contributed by atoms with Gasteiger partial charge in [0.1, 0.15) is 5.75 Å². The van der Waals surface area contributed by atoms with Crippen molar-refractivity contribution in [1.29, 1.82) is 0 Å². The summed E-state index contributed by atoms with van der Waals surface area (Å²) in [7, 11) is 1.32. The Morgan fingerprint density at radius 3 is 2.58 bits per heavy atom. The van der Waals surface area contributed by atoms with Gasteiger partial charge in [-0.2, -0.15) is 0 Å². The van der Waals surface area contributed by atoms with Crippen LogP contribution < -0.4 is 10.1 Å². The van der Waals surface area contributed by atoms with E-state index in [0.717, 1.165) is 12.1 Å². The van der Waals surface area contributed by atoms with Gasteiger partial charge >= 0.3 is 5.97 Å². The van der Waals surface area contributed by atoms with Gasteiger partial charge in [0.15, 0.2) is 6.10 Å². The zero-order chi connectivity index (χ0) is 14.4. The van der Waals surface area contributed by atoms with E-state index in [2.05, 4.69) is 23.9 Å². The number of rotatable bonds is 6. The average Bonchev–Trinajstić information content (AvgIpc) is 2.38. The number of esters is 1. The molecule has 0 aliphatic rings. The maximum absolute atomic E-state index is 11.3. The van der Waals surface area contributed by atoms with Crippen LogP contribution in [0.4, 0.5) is 0 Å². The molecule has 1 aromatic carbocycles. The smallest absolute Gasteiger partial charge is 0.346 e. The molecule has 1 unspecified atom stereocenters. The van der Waals surface area contributed by atoms with Crippen molar-refractivity contribution >= 4 is 17.6 Å². The van der Waals surface area contributed by atoms with Gasteiger partial charge in [-0.3, -0.25) is 0 Å². The van der Waals surface area contributed by atoms with Gasteiger partial charge in [0.05, 0.1) is 12.1 Å². The molecular formula is C14H20ClNO3. The highest BCUT2D eigenvalue weighted by molar-refractivity contribution is 6.32. The molecule has 0 bridgehead atoms. The van der Waals surface area contributed by atoms with Gasteiger partial charge in [-0.1, -0.05) is 31.5 Å². The summed E-state index contributed by atoms with van der Waals surface area (Å²) in [6, 6.07) is 5.92. The summed E-state index contributed by atoms with van der Waals surface area (Å²) < 4.78 is 10.0. The molecule has 0 amide bonds. The normalized spacial score (nSPS) is 12.3. The van der Waals surface area contributed by atoms with Crippen LogP contribution in [0.3, 0.4) is 0 Å². The molecular weight excluding hydrogens is 266 g/mol. The number of carbonyl (C=O) groups is 1. The third kappa shape index (κ3) is 5.09. The van der Waals surface area contributed by atoms with Gasteiger partial charge in [-0.05, 0) is 24.6 Å². The van der Waals surface area contributed by atoms with Crippen LogP contribution in [0, 0.1) is 0 Å². The molecule has 106 valence electrons. The van der Waals surface area contributed by atoms with Crippen LogP contribution in [-0.2, 0) is 16.1 Å². The van der Waals surface area contributed by atoms with E-state index >= 15 is 0 Å². The van der Waals surface area contributed by atoms with Gasteiger partial charge in [-0.25, -0.2) is 4.79 Å². The molecule has 0 saturated heterocycles. The molecule has 1 N–H and O–H groups in total. The lowest BCUT2D eigenvalue weighted by Gasteiger charge is -2.14. The van der Waals surface area contributed by atoms with E-state index in [0.29, 0.717) is 16.8 Å². The molecule has 0 aliphatic heterocycles. The zero-order valence-electron chi connectivity index (χ0n) is 11.7. The molecule has 1 aromatic rings. The number of methoxy groups -OCH3 is 1. The number of carbonyl (C=O) groups excluding carboxylic acids is 1. The Morgan fingerprint density at radius 2 is 2.05 bits per heavy atom. The Morgan fingerprint density at radius 1 is 1.37 bits per heavy atom. The van der Waals surface area contributed by atoms with Gasteiger partial charge in [0, 0.05) is 12.6 Å². The van der Waals surface area contributed by atoms with E-state index in [1.807, 2.05) is 12.1 Å². The number of nitrogens with one attached hydrogen (secondary N) is 1. The molecule has 0 saturated carbocycles. The van der Waals surface area contributed by atoms with E-state index < -0.39 is 12.1 Å². The van der Waals surface area contributed by atoms with Gasteiger partial charge in [0.2, 0.25) is 0 Å². The predicted octanol–water partition coefficient (Wildman–Crippen LogP) is 2.78. The first-order chi connectivity index (χ1) is 8.93. The van der Waals surface area contributed by atoms with Crippen molar-refractivity contribution < 1.29 is 14.3 Å². The van der Waals surface area contributed by atoms with Crippen LogP contribution in [0.5, 0.6) is 5.75 Å². The highest BCUT2D eigenvalue weighted by Gasteiger charge is 2.16. The molecule has 1 atom stereocenters. The molecule has 5 heteroatoms. The second-order valence-corrected chi connectivity index (χ2v) is 4.99. The van der Waals surface area contributed by atoms with Crippen LogP contribution in [0.1, 0.15) is 26.3 Å². The van der Waals surface area contributed by atoms with Crippen LogP contribution >= 0.6 is 11.6 Å². The first kappa shape index (κ1) is 15.8. The van der Waals surface area contributed by atoms with E-state index in [9.17, 15) is 4.79 Å². The maximum Gasteiger partial charge on any atom is 0.346 e. The summed E-state index contributed by atoms with van der Waals surface area (Å²) >= 11 is 6.13. The SMILES string of the molecule is COC(=O)C(C)Oc1ccc(CNC(C)C)cc1Cl. The van der Waals surface area contributed by atoms with Crippen LogP contribution in [0.25, 0.3) is 0 Å². The Kier molecular flexibility index (Phi) is 6.12. The lowest BCUT2D eigenvalue weighted by Crippen LogP contribution is -2.25. The average molecular weight is 286 g/mol. The predicted molar refractivity (Wildman–Crippen MR) is 75.5 cm³/mol. The van der Waals surface area contributed by atoms with Crippen molar-refractivity contribution in [3.63, 3.8) is 0 Å². The molecule has 0 radical (unpaired) electrons. The molecule has 19 heavy (non-hydrogen) atoms. The Balaban J connectivity index is 2.69. The summed E-state index contributed by atoms with van der Waals surface area (Å²) in [4.78, 5) is 11.3.